The summed E-state index contributed by atoms with van der Waals surface area (Å²) < 4.78 is 5.88. The summed E-state index contributed by atoms with van der Waals surface area (Å²) >= 11 is 6.27. The van der Waals surface area contributed by atoms with Gasteiger partial charge in [-0.3, -0.25) is 9.79 Å². The average Bonchev–Trinajstić information content (AvgIpc) is 2.78. The first-order valence-electron chi connectivity index (χ1n) is 10.8. The molecule has 2 heterocycles. The maximum atomic E-state index is 12.8. The number of carbonyl (C=O) groups is 1. The van der Waals surface area contributed by atoms with Gasteiger partial charge in [0.15, 0.2) is 0 Å². The molecule has 33 heavy (non-hydrogen) atoms. The van der Waals surface area contributed by atoms with E-state index < -0.39 is 0 Å². The molecule has 2 aliphatic rings. The lowest BCUT2D eigenvalue weighted by atomic mass is 9.96. The summed E-state index contributed by atoms with van der Waals surface area (Å²) in [6.07, 6.45) is 16.5. The molecule has 0 bridgehead atoms. The van der Waals surface area contributed by atoms with Gasteiger partial charge >= 0.3 is 0 Å². The fourth-order valence-corrected chi connectivity index (χ4v) is 3.39. The van der Waals surface area contributed by atoms with Gasteiger partial charge in [0.2, 0.25) is 0 Å². The molecule has 176 valence electrons. The fraction of sp³-hybridized carbons (Fsp3) is 0.308. The Kier molecular flexibility index (Phi) is 10.0. The first kappa shape index (κ1) is 26.0. The van der Waals surface area contributed by atoms with Gasteiger partial charge in [-0.05, 0) is 45.2 Å². The zero-order valence-corrected chi connectivity index (χ0v) is 20.5. The van der Waals surface area contributed by atoms with Crippen molar-refractivity contribution in [3.05, 3.63) is 95.3 Å². The molecular formula is C26H33ClN4O2. The van der Waals surface area contributed by atoms with E-state index in [0.29, 0.717) is 34.3 Å². The molecule has 2 aliphatic heterocycles. The number of aliphatic imine (C=N–C) groups is 1. The number of carbonyl (C=O) groups excluding carboxylic acids is 1. The van der Waals surface area contributed by atoms with E-state index in [2.05, 4.69) is 40.6 Å². The highest BCUT2D eigenvalue weighted by molar-refractivity contribution is 6.29. The number of amides is 1. The topological polar surface area (TPSA) is 66.0 Å². The number of ether oxygens (including phenoxy) is 1. The zero-order valence-electron chi connectivity index (χ0n) is 19.8. The third kappa shape index (κ3) is 7.39. The maximum Gasteiger partial charge on any atom is 0.252 e. The van der Waals surface area contributed by atoms with Gasteiger partial charge < -0.3 is 20.3 Å². The number of hydrogen-bond donors (Lipinski definition) is 2. The molecular weight excluding hydrogens is 436 g/mol. The highest BCUT2D eigenvalue weighted by atomic mass is 35.5. The summed E-state index contributed by atoms with van der Waals surface area (Å²) in [5.41, 5.74) is 3.05. The summed E-state index contributed by atoms with van der Waals surface area (Å²) in [4.78, 5) is 19.2. The Bertz CT molecular complexity index is 978. The predicted octanol–water partition coefficient (Wildman–Crippen LogP) is 4.70. The summed E-state index contributed by atoms with van der Waals surface area (Å²) in [7, 11) is 2.02. The molecule has 0 aromatic carbocycles. The van der Waals surface area contributed by atoms with Crippen LogP contribution in [-0.2, 0) is 9.53 Å². The van der Waals surface area contributed by atoms with Crippen LogP contribution in [-0.4, -0.2) is 43.3 Å². The van der Waals surface area contributed by atoms with E-state index in [9.17, 15) is 4.79 Å². The minimum Gasteiger partial charge on any atom is -0.486 e. The molecule has 1 amide bonds. The van der Waals surface area contributed by atoms with E-state index >= 15 is 0 Å². The first-order valence-corrected chi connectivity index (χ1v) is 11.2. The van der Waals surface area contributed by atoms with Crippen molar-refractivity contribution in [2.45, 2.75) is 26.8 Å². The van der Waals surface area contributed by atoms with Crippen LogP contribution in [0.5, 0.6) is 0 Å². The molecule has 0 saturated heterocycles. The Morgan fingerprint density at radius 3 is 2.82 bits per heavy atom. The SMILES string of the molecule is C=C/C=C(/COC(/C=C1/NC(=O)C(CNC2=CC=CN(C)C2C)=CC1C=C)=C(/C)Cl)N=CC. The summed E-state index contributed by atoms with van der Waals surface area (Å²) in [6, 6.07) is 0.210. The van der Waals surface area contributed by atoms with Crippen LogP contribution < -0.4 is 10.6 Å². The van der Waals surface area contributed by atoms with Crippen LogP contribution in [0.15, 0.2) is 100 Å². The molecule has 2 atom stereocenters. The molecule has 0 fully saturated rings. The summed E-state index contributed by atoms with van der Waals surface area (Å²) in [6.45, 7) is 13.9. The predicted molar refractivity (Wildman–Crippen MR) is 137 cm³/mol. The van der Waals surface area contributed by atoms with Crippen LogP contribution in [0.4, 0.5) is 0 Å². The number of nitrogens with one attached hydrogen (secondary N) is 2. The quantitative estimate of drug-likeness (QED) is 0.211. The number of likely N-dealkylation sites (N-methyl/N-ethyl adjacent to an activating group) is 1. The third-order valence-corrected chi connectivity index (χ3v) is 5.48. The number of allylic oxidation sites excluding steroid dienone is 7. The van der Waals surface area contributed by atoms with Gasteiger partial charge in [-0.25, -0.2) is 0 Å². The second kappa shape index (κ2) is 12.7. The van der Waals surface area contributed by atoms with Crippen molar-refractivity contribution >= 4 is 23.7 Å². The van der Waals surface area contributed by atoms with Gasteiger partial charge in [-0.1, -0.05) is 36.4 Å². The standard InChI is InChI=1S/C26H33ClN4O2/c1-7-11-22(28-9-3)17-33-25(18(4)27)15-24-20(8-2)14-21(26(32)30-24)16-29-23-12-10-13-31(6)19(23)5/h7-15,19-20,29H,1-2,16-17H2,3-6H3,(H,30,32)/b22-11-,24-15+,25-18-,28-9?. The lowest BCUT2D eigenvalue weighted by molar-refractivity contribution is -0.117. The van der Waals surface area contributed by atoms with Gasteiger partial charge in [0.1, 0.15) is 12.4 Å². The van der Waals surface area contributed by atoms with Crippen molar-refractivity contribution in [2.24, 2.45) is 10.9 Å². The van der Waals surface area contributed by atoms with E-state index in [1.807, 2.05) is 38.4 Å². The van der Waals surface area contributed by atoms with E-state index in [1.165, 1.54) is 0 Å². The van der Waals surface area contributed by atoms with Crippen LogP contribution in [0.25, 0.3) is 0 Å². The minimum atomic E-state index is -0.189. The Morgan fingerprint density at radius 2 is 2.18 bits per heavy atom. The van der Waals surface area contributed by atoms with Crippen molar-refractivity contribution in [1.29, 1.82) is 0 Å². The molecule has 2 unspecified atom stereocenters. The van der Waals surface area contributed by atoms with E-state index in [1.54, 1.807) is 37.4 Å². The zero-order chi connectivity index (χ0) is 24.4. The smallest absolute Gasteiger partial charge is 0.252 e. The second-order valence-electron chi connectivity index (χ2n) is 7.63. The Labute approximate surface area is 202 Å². The maximum absolute atomic E-state index is 12.8. The van der Waals surface area contributed by atoms with Gasteiger partial charge in [-0.2, -0.15) is 0 Å². The summed E-state index contributed by atoms with van der Waals surface area (Å²) in [5.74, 6) is 0.0894. The molecule has 2 rings (SSSR count). The van der Waals surface area contributed by atoms with Gasteiger partial charge in [0, 0.05) is 48.8 Å². The van der Waals surface area contributed by atoms with Crippen LogP contribution in [0.3, 0.4) is 0 Å². The van der Waals surface area contributed by atoms with Crippen LogP contribution in [0, 0.1) is 5.92 Å². The monoisotopic (exact) mass is 468 g/mol. The van der Waals surface area contributed by atoms with Crippen molar-refractivity contribution < 1.29 is 9.53 Å². The molecule has 0 radical (unpaired) electrons. The molecule has 2 N–H and O–H groups in total. The molecule has 0 aromatic rings. The Morgan fingerprint density at radius 1 is 1.42 bits per heavy atom. The molecule has 0 aromatic heterocycles. The van der Waals surface area contributed by atoms with Gasteiger partial charge in [0.05, 0.1) is 16.8 Å². The molecule has 0 aliphatic carbocycles. The normalized spacial score (nSPS) is 23.1. The van der Waals surface area contributed by atoms with Crippen LogP contribution in [0.2, 0.25) is 0 Å². The summed E-state index contributed by atoms with van der Waals surface area (Å²) in [5, 5.41) is 6.81. The number of nitrogens with zero attached hydrogens (tertiary/aromatic N) is 2. The Hall–Kier alpha value is -3.25. The lowest BCUT2D eigenvalue weighted by Gasteiger charge is -2.30. The number of rotatable bonds is 10. The van der Waals surface area contributed by atoms with Crippen molar-refractivity contribution in [3.8, 4) is 0 Å². The average molecular weight is 469 g/mol. The Balaban J connectivity index is 2.17. The lowest BCUT2D eigenvalue weighted by Crippen LogP contribution is -2.39. The largest absolute Gasteiger partial charge is 0.486 e. The molecule has 7 heteroatoms. The molecule has 0 saturated carbocycles. The second-order valence-corrected chi connectivity index (χ2v) is 8.20. The van der Waals surface area contributed by atoms with Gasteiger partial charge in [0.25, 0.3) is 5.91 Å². The highest BCUT2D eigenvalue weighted by Gasteiger charge is 2.24. The van der Waals surface area contributed by atoms with Crippen LogP contribution >= 0.6 is 11.6 Å². The van der Waals surface area contributed by atoms with Crippen molar-refractivity contribution in [2.75, 3.05) is 20.2 Å². The highest BCUT2D eigenvalue weighted by Crippen LogP contribution is 2.24. The molecule has 6 nitrogen and oxygen atoms in total. The van der Waals surface area contributed by atoms with E-state index in [0.717, 1.165) is 5.70 Å². The van der Waals surface area contributed by atoms with Crippen molar-refractivity contribution in [3.63, 3.8) is 0 Å². The first-order chi connectivity index (χ1) is 15.8. The van der Waals surface area contributed by atoms with Gasteiger partial charge in [-0.15, -0.1) is 6.58 Å². The van der Waals surface area contributed by atoms with Crippen molar-refractivity contribution in [1.82, 2.24) is 15.5 Å². The molecule has 0 spiro atoms. The number of halogens is 1. The van der Waals surface area contributed by atoms with Crippen LogP contribution in [0.1, 0.15) is 20.8 Å². The van der Waals surface area contributed by atoms with E-state index in [-0.39, 0.29) is 24.5 Å². The fourth-order valence-electron chi connectivity index (χ4n) is 3.28. The third-order valence-electron chi connectivity index (χ3n) is 5.29. The minimum absolute atomic E-state index is 0.172. The van der Waals surface area contributed by atoms with E-state index in [4.69, 9.17) is 16.3 Å². The number of hydrogen-bond acceptors (Lipinski definition) is 5.